The number of hydrogen-bond donors (Lipinski definition) is 1. The highest BCUT2D eigenvalue weighted by Crippen LogP contribution is 2.37. The summed E-state index contributed by atoms with van der Waals surface area (Å²) in [7, 11) is 0. The number of rotatable bonds is 3. The van der Waals surface area contributed by atoms with Gasteiger partial charge in [0.05, 0.1) is 5.92 Å². The molecule has 0 bridgehead atoms. The van der Waals surface area contributed by atoms with Gasteiger partial charge in [-0.05, 0) is 17.5 Å². The van der Waals surface area contributed by atoms with Crippen LogP contribution in [0, 0.1) is 0 Å². The second-order valence-electron chi connectivity index (χ2n) is 4.19. The molecule has 102 valence electrons. The van der Waals surface area contributed by atoms with Crippen molar-refractivity contribution < 1.29 is 13.2 Å². The summed E-state index contributed by atoms with van der Waals surface area (Å²) < 4.78 is 39.3. The molecular formula is C15H16F3N. The molecule has 2 aromatic rings. The predicted molar refractivity (Wildman–Crippen MR) is 70.4 cm³/mol. The van der Waals surface area contributed by atoms with Gasteiger partial charge in [-0.15, -0.1) is 0 Å². The molecule has 0 spiro atoms. The van der Waals surface area contributed by atoms with E-state index in [0.29, 0.717) is 11.1 Å². The third-order valence-corrected chi connectivity index (χ3v) is 2.88. The highest BCUT2D eigenvalue weighted by atomic mass is 19.4. The van der Waals surface area contributed by atoms with Gasteiger partial charge in [0.25, 0.3) is 0 Å². The zero-order valence-electron chi connectivity index (χ0n) is 10.4. The fourth-order valence-corrected chi connectivity index (χ4v) is 1.96. The first-order chi connectivity index (χ1) is 8.57. The Morgan fingerprint density at radius 2 is 1.26 bits per heavy atom. The van der Waals surface area contributed by atoms with E-state index in [4.69, 9.17) is 0 Å². The minimum atomic E-state index is -4.23. The van der Waals surface area contributed by atoms with E-state index in [9.17, 15) is 13.2 Å². The van der Waals surface area contributed by atoms with Crippen LogP contribution in [0.3, 0.4) is 0 Å². The van der Waals surface area contributed by atoms with Gasteiger partial charge < -0.3 is 6.15 Å². The van der Waals surface area contributed by atoms with Gasteiger partial charge in [0.1, 0.15) is 0 Å². The lowest BCUT2D eigenvalue weighted by Gasteiger charge is -2.20. The summed E-state index contributed by atoms with van der Waals surface area (Å²) >= 11 is 0. The molecule has 0 saturated carbocycles. The molecule has 0 aliphatic rings. The van der Waals surface area contributed by atoms with E-state index in [1.54, 1.807) is 48.5 Å². The highest BCUT2D eigenvalue weighted by Gasteiger charge is 2.40. The van der Waals surface area contributed by atoms with Gasteiger partial charge in [-0.1, -0.05) is 60.7 Å². The van der Waals surface area contributed by atoms with Crippen LogP contribution in [-0.4, -0.2) is 6.18 Å². The fraction of sp³-hybridized carbons (Fsp3) is 0.200. The van der Waals surface area contributed by atoms with Crippen molar-refractivity contribution in [3.63, 3.8) is 0 Å². The van der Waals surface area contributed by atoms with Crippen molar-refractivity contribution >= 4 is 0 Å². The van der Waals surface area contributed by atoms with Crippen molar-refractivity contribution in [1.29, 1.82) is 0 Å². The molecule has 0 heterocycles. The summed E-state index contributed by atoms with van der Waals surface area (Å²) in [5, 5.41) is 0. The quantitative estimate of drug-likeness (QED) is 0.856. The highest BCUT2D eigenvalue weighted by molar-refractivity contribution is 5.25. The average molecular weight is 267 g/mol. The number of halogens is 3. The molecular weight excluding hydrogens is 251 g/mol. The Morgan fingerprint density at radius 1 is 0.789 bits per heavy atom. The maximum Gasteiger partial charge on any atom is 0.396 e. The first kappa shape index (κ1) is 15.2. The molecule has 0 radical (unpaired) electrons. The summed E-state index contributed by atoms with van der Waals surface area (Å²) in [6.07, 6.45) is -4.24. The van der Waals surface area contributed by atoms with E-state index >= 15 is 0 Å². The van der Waals surface area contributed by atoms with E-state index in [2.05, 4.69) is 0 Å². The maximum absolute atomic E-state index is 13.1. The topological polar surface area (TPSA) is 35.0 Å². The van der Waals surface area contributed by atoms with Gasteiger partial charge in [-0.2, -0.15) is 13.2 Å². The van der Waals surface area contributed by atoms with Gasteiger partial charge in [-0.25, -0.2) is 0 Å². The molecule has 0 aliphatic carbocycles. The Morgan fingerprint density at radius 3 is 1.74 bits per heavy atom. The van der Waals surface area contributed by atoms with Crippen molar-refractivity contribution in [2.45, 2.75) is 18.5 Å². The van der Waals surface area contributed by atoms with Gasteiger partial charge in [0.15, 0.2) is 0 Å². The van der Waals surface area contributed by atoms with Crippen LogP contribution in [0.5, 0.6) is 0 Å². The van der Waals surface area contributed by atoms with Gasteiger partial charge in [0.2, 0.25) is 0 Å². The zero-order valence-corrected chi connectivity index (χ0v) is 10.4. The molecule has 0 aliphatic heterocycles. The molecule has 3 N–H and O–H groups in total. The predicted octanol–water partition coefficient (Wildman–Crippen LogP) is 4.74. The van der Waals surface area contributed by atoms with Gasteiger partial charge in [-0.3, -0.25) is 0 Å². The van der Waals surface area contributed by atoms with E-state index in [0.717, 1.165) is 0 Å². The first-order valence-corrected chi connectivity index (χ1v) is 5.73. The molecule has 19 heavy (non-hydrogen) atoms. The normalized spacial score (nSPS) is 12.6. The SMILES string of the molecule is FC(F)(F)C(Cc1ccccc1)c1ccccc1.N. The molecule has 0 amide bonds. The molecule has 4 heteroatoms. The van der Waals surface area contributed by atoms with Crippen LogP contribution in [0.4, 0.5) is 13.2 Å². The largest absolute Gasteiger partial charge is 0.396 e. The van der Waals surface area contributed by atoms with Crippen molar-refractivity contribution in [2.24, 2.45) is 0 Å². The fourth-order valence-electron chi connectivity index (χ4n) is 1.96. The van der Waals surface area contributed by atoms with E-state index < -0.39 is 12.1 Å². The summed E-state index contributed by atoms with van der Waals surface area (Å²) in [6, 6.07) is 16.8. The molecule has 0 aromatic heterocycles. The van der Waals surface area contributed by atoms with Crippen molar-refractivity contribution in [2.75, 3.05) is 0 Å². The second kappa shape index (κ2) is 6.38. The minimum Gasteiger partial charge on any atom is -0.344 e. The molecule has 0 saturated heterocycles. The Hall–Kier alpha value is -1.81. The molecule has 1 nitrogen and oxygen atoms in total. The van der Waals surface area contributed by atoms with Crippen molar-refractivity contribution in [3.8, 4) is 0 Å². The lowest BCUT2D eigenvalue weighted by molar-refractivity contribution is -0.150. The third kappa shape index (κ3) is 4.10. The number of hydrogen-bond acceptors (Lipinski definition) is 1. The molecule has 2 aromatic carbocycles. The van der Waals surface area contributed by atoms with Crippen LogP contribution in [0.2, 0.25) is 0 Å². The van der Waals surface area contributed by atoms with Gasteiger partial charge >= 0.3 is 6.18 Å². The minimum absolute atomic E-state index is 0. The van der Waals surface area contributed by atoms with Crippen LogP contribution >= 0.6 is 0 Å². The summed E-state index contributed by atoms with van der Waals surface area (Å²) in [4.78, 5) is 0. The van der Waals surface area contributed by atoms with Crippen LogP contribution in [0.1, 0.15) is 17.0 Å². The summed E-state index contributed by atoms with van der Waals surface area (Å²) in [5.74, 6) is -1.44. The van der Waals surface area contributed by atoms with Crippen LogP contribution < -0.4 is 6.15 Å². The monoisotopic (exact) mass is 267 g/mol. The van der Waals surface area contributed by atoms with E-state index in [-0.39, 0.29) is 12.6 Å². The Balaban J connectivity index is 0.00000180. The molecule has 0 fully saturated rings. The summed E-state index contributed by atoms with van der Waals surface area (Å²) in [6.45, 7) is 0. The standard InChI is InChI=1S/C15H13F3.H3N/c16-15(17,18)14(13-9-5-2-6-10-13)11-12-7-3-1-4-8-12;/h1-10,14H,11H2;1H3. The maximum atomic E-state index is 13.1. The van der Waals surface area contributed by atoms with Crippen LogP contribution in [0.15, 0.2) is 60.7 Å². The lowest BCUT2D eigenvalue weighted by atomic mass is 9.91. The van der Waals surface area contributed by atoms with E-state index in [1.165, 1.54) is 12.1 Å². The molecule has 2 rings (SSSR count). The van der Waals surface area contributed by atoms with Gasteiger partial charge in [0, 0.05) is 0 Å². The van der Waals surface area contributed by atoms with Crippen LogP contribution in [-0.2, 0) is 6.42 Å². The Bertz CT molecular complexity index is 480. The molecule has 1 atom stereocenters. The number of alkyl halides is 3. The average Bonchev–Trinajstić information content (AvgIpc) is 2.37. The van der Waals surface area contributed by atoms with E-state index in [1.807, 2.05) is 0 Å². The van der Waals surface area contributed by atoms with Crippen molar-refractivity contribution in [3.05, 3.63) is 71.8 Å². The van der Waals surface area contributed by atoms with Crippen molar-refractivity contribution in [1.82, 2.24) is 6.15 Å². The zero-order chi connectivity index (χ0) is 13.0. The Labute approximate surface area is 110 Å². The second-order valence-corrected chi connectivity index (χ2v) is 4.19. The Kier molecular flexibility index (Phi) is 5.12. The lowest BCUT2D eigenvalue weighted by Crippen LogP contribution is -2.22. The summed E-state index contributed by atoms with van der Waals surface area (Å²) in [5.41, 5.74) is 1.01. The van der Waals surface area contributed by atoms with Crippen LogP contribution in [0.25, 0.3) is 0 Å². The number of benzene rings is 2. The smallest absolute Gasteiger partial charge is 0.344 e. The third-order valence-electron chi connectivity index (χ3n) is 2.88. The first-order valence-electron chi connectivity index (χ1n) is 5.73. The molecule has 1 unspecified atom stereocenters.